The van der Waals surface area contributed by atoms with E-state index in [2.05, 4.69) is 9.47 Å². The van der Waals surface area contributed by atoms with Gasteiger partial charge in [-0.15, -0.1) is 0 Å². The molecule has 0 heterocycles. The van der Waals surface area contributed by atoms with Crippen molar-refractivity contribution in [2.45, 2.75) is 20.1 Å². The SMILES string of the molecule is C[CH]OC(=O)OC(C)O. The lowest BCUT2D eigenvalue weighted by Gasteiger charge is -2.04. The topological polar surface area (TPSA) is 55.8 Å². The average Bonchev–Trinajstić information content (AvgIpc) is 1.63. The van der Waals surface area contributed by atoms with Crippen molar-refractivity contribution >= 4 is 6.16 Å². The Morgan fingerprint density at radius 3 is 2.67 bits per heavy atom. The molecule has 0 saturated heterocycles. The van der Waals surface area contributed by atoms with E-state index in [-0.39, 0.29) is 0 Å². The van der Waals surface area contributed by atoms with Gasteiger partial charge in [-0.1, -0.05) is 0 Å². The van der Waals surface area contributed by atoms with Crippen molar-refractivity contribution in [3.63, 3.8) is 0 Å². The zero-order valence-electron chi connectivity index (χ0n) is 5.33. The quantitative estimate of drug-likeness (QED) is 0.444. The van der Waals surface area contributed by atoms with Gasteiger partial charge in [-0.25, -0.2) is 4.79 Å². The van der Waals surface area contributed by atoms with E-state index >= 15 is 0 Å². The highest BCUT2D eigenvalue weighted by Gasteiger charge is 2.04. The first kappa shape index (κ1) is 8.23. The van der Waals surface area contributed by atoms with Gasteiger partial charge >= 0.3 is 6.16 Å². The summed E-state index contributed by atoms with van der Waals surface area (Å²) in [7, 11) is 0. The van der Waals surface area contributed by atoms with Crippen molar-refractivity contribution < 1.29 is 19.4 Å². The molecule has 0 aromatic rings. The van der Waals surface area contributed by atoms with E-state index in [0.717, 1.165) is 0 Å². The van der Waals surface area contributed by atoms with Crippen LogP contribution in [0.5, 0.6) is 0 Å². The van der Waals surface area contributed by atoms with E-state index in [1.165, 1.54) is 20.5 Å². The first-order chi connectivity index (χ1) is 4.16. The van der Waals surface area contributed by atoms with Crippen molar-refractivity contribution in [2.24, 2.45) is 0 Å². The number of aliphatic hydroxyl groups is 1. The van der Waals surface area contributed by atoms with Crippen molar-refractivity contribution in [1.82, 2.24) is 0 Å². The highest BCUT2D eigenvalue weighted by molar-refractivity contribution is 5.60. The van der Waals surface area contributed by atoms with Gasteiger partial charge < -0.3 is 14.6 Å². The summed E-state index contributed by atoms with van der Waals surface area (Å²) < 4.78 is 8.36. The lowest BCUT2D eigenvalue weighted by molar-refractivity contribution is -0.0620. The number of hydrogen-bond acceptors (Lipinski definition) is 4. The number of rotatable bonds is 2. The van der Waals surface area contributed by atoms with Crippen LogP contribution in [0.4, 0.5) is 4.79 Å². The molecule has 1 N–H and O–H groups in total. The van der Waals surface area contributed by atoms with Gasteiger partial charge in [0.05, 0.1) is 0 Å². The Balaban J connectivity index is 3.27. The molecule has 0 fully saturated rings. The molecule has 0 aliphatic rings. The Kier molecular flexibility index (Phi) is 3.79. The molecule has 0 aliphatic carbocycles. The second-order valence-electron chi connectivity index (χ2n) is 1.32. The van der Waals surface area contributed by atoms with Crippen LogP contribution in [0.25, 0.3) is 0 Å². The first-order valence-electron chi connectivity index (χ1n) is 2.50. The van der Waals surface area contributed by atoms with Crippen molar-refractivity contribution in [2.75, 3.05) is 0 Å². The maximum Gasteiger partial charge on any atom is 0.510 e. The standard InChI is InChI=1S/C5H9O4/c1-3-8-5(7)9-4(2)6/h3-4,6H,1-2H3. The number of ether oxygens (including phenoxy) is 2. The molecule has 0 bridgehead atoms. The van der Waals surface area contributed by atoms with E-state index in [1.807, 2.05) is 0 Å². The second kappa shape index (κ2) is 4.14. The summed E-state index contributed by atoms with van der Waals surface area (Å²) in [5, 5.41) is 8.41. The maximum absolute atomic E-state index is 10.2. The lowest BCUT2D eigenvalue weighted by Crippen LogP contribution is -2.13. The van der Waals surface area contributed by atoms with Crippen LogP contribution in [0.2, 0.25) is 0 Å². The van der Waals surface area contributed by atoms with Gasteiger partial charge in [0.25, 0.3) is 0 Å². The summed E-state index contributed by atoms with van der Waals surface area (Å²) in [5.74, 6) is 0. The summed E-state index contributed by atoms with van der Waals surface area (Å²) in [6.07, 6.45) is -2.01. The van der Waals surface area contributed by atoms with Crippen LogP contribution in [0.1, 0.15) is 13.8 Å². The minimum absolute atomic E-state index is 0.896. The molecule has 53 valence electrons. The van der Waals surface area contributed by atoms with Crippen LogP contribution < -0.4 is 0 Å². The van der Waals surface area contributed by atoms with Gasteiger partial charge in [-0.05, 0) is 13.8 Å². The van der Waals surface area contributed by atoms with E-state index in [0.29, 0.717) is 0 Å². The maximum atomic E-state index is 10.2. The zero-order valence-corrected chi connectivity index (χ0v) is 5.33. The van der Waals surface area contributed by atoms with Gasteiger partial charge in [0.2, 0.25) is 6.29 Å². The molecule has 0 amide bonds. The number of carbonyl (C=O) groups excluding carboxylic acids is 1. The molecule has 1 radical (unpaired) electrons. The third kappa shape index (κ3) is 5.10. The summed E-state index contributed by atoms with van der Waals surface area (Å²) in [6, 6.07) is 0. The summed E-state index contributed by atoms with van der Waals surface area (Å²) in [6.45, 7) is 4.02. The summed E-state index contributed by atoms with van der Waals surface area (Å²) in [4.78, 5) is 10.2. The van der Waals surface area contributed by atoms with Crippen LogP contribution in [0, 0.1) is 6.61 Å². The Bertz CT molecular complexity index is 89.0. The van der Waals surface area contributed by atoms with E-state index < -0.39 is 12.4 Å². The Morgan fingerprint density at radius 2 is 2.33 bits per heavy atom. The van der Waals surface area contributed by atoms with Crippen LogP contribution in [-0.4, -0.2) is 17.6 Å². The van der Waals surface area contributed by atoms with Gasteiger partial charge in [-0.2, -0.15) is 0 Å². The predicted molar refractivity (Wildman–Crippen MR) is 29.2 cm³/mol. The molecule has 0 rings (SSSR count). The monoisotopic (exact) mass is 133 g/mol. The third-order valence-corrected chi connectivity index (χ3v) is 0.481. The van der Waals surface area contributed by atoms with E-state index in [4.69, 9.17) is 5.11 Å². The molecule has 0 aromatic heterocycles. The van der Waals surface area contributed by atoms with Crippen LogP contribution in [0.15, 0.2) is 0 Å². The van der Waals surface area contributed by atoms with Crippen molar-refractivity contribution in [3.05, 3.63) is 6.61 Å². The number of hydrogen-bond donors (Lipinski definition) is 1. The third-order valence-electron chi connectivity index (χ3n) is 0.481. The summed E-state index contributed by atoms with van der Waals surface area (Å²) >= 11 is 0. The molecular weight excluding hydrogens is 124 g/mol. The Hall–Kier alpha value is -0.770. The molecule has 0 aromatic carbocycles. The molecule has 0 saturated carbocycles. The zero-order chi connectivity index (χ0) is 7.28. The van der Waals surface area contributed by atoms with E-state index in [1.54, 1.807) is 0 Å². The largest absolute Gasteiger partial charge is 0.510 e. The average molecular weight is 133 g/mol. The van der Waals surface area contributed by atoms with Crippen molar-refractivity contribution in [1.29, 1.82) is 0 Å². The second-order valence-corrected chi connectivity index (χ2v) is 1.32. The molecular formula is C5H9O4. The molecule has 4 nitrogen and oxygen atoms in total. The first-order valence-corrected chi connectivity index (χ1v) is 2.50. The fraction of sp³-hybridized carbons (Fsp3) is 0.600. The minimum atomic E-state index is -1.11. The van der Waals surface area contributed by atoms with Crippen LogP contribution in [0.3, 0.4) is 0 Å². The van der Waals surface area contributed by atoms with Gasteiger partial charge in [0.15, 0.2) is 0 Å². The number of carbonyl (C=O) groups is 1. The Labute approximate surface area is 53.4 Å². The van der Waals surface area contributed by atoms with Crippen molar-refractivity contribution in [3.8, 4) is 0 Å². The molecule has 9 heavy (non-hydrogen) atoms. The highest BCUT2D eigenvalue weighted by atomic mass is 16.8. The fourth-order valence-corrected chi connectivity index (χ4v) is 0.263. The van der Waals surface area contributed by atoms with Gasteiger partial charge in [-0.3, -0.25) is 0 Å². The molecule has 0 spiro atoms. The highest BCUT2D eigenvalue weighted by Crippen LogP contribution is 1.90. The smallest absolute Gasteiger partial charge is 0.427 e. The summed E-state index contributed by atoms with van der Waals surface area (Å²) in [5.41, 5.74) is 0. The molecule has 4 heteroatoms. The number of aliphatic hydroxyl groups excluding tert-OH is 1. The predicted octanol–water partition coefficient (Wildman–Crippen LogP) is 0.660. The minimum Gasteiger partial charge on any atom is -0.427 e. The lowest BCUT2D eigenvalue weighted by atomic mass is 10.8. The van der Waals surface area contributed by atoms with Crippen LogP contribution >= 0.6 is 0 Å². The molecule has 1 unspecified atom stereocenters. The van der Waals surface area contributed by atoms with Crippen LogP contribution in [-0.2, 0) is 9.47 Å². The fourth-order valence-electron chi connectivity index (χ4n) is 0.263. The Morgan fingerprint density at radius 1 is 1.78 bits per heavy atom. The van der Waals surface area contributed by atoms with Gasteiger partial charge in [0.1, 0.15) is 6.61 Å². The van der Waals surface area contributed by atoms with E-state index in [9.17, 15) is 4.79 Å². The van der Waals surface area contributed by atoms with Gasteiger partial charge in [0, 0.05) is 0 Å². The molecule has 0 aliphatic heterocycles. The normalized spacial score (nSPS) is 12.3. The molecule has 1 atom stereocenters.